The predicted molar refractivity (Wildman–Crippen MR) is 121 cm³/mol. The standard InChI is InChI=1S/C25H47NO2/c1-3-5-6-7-8-9-10-11-12-13-14-15-16-17-18-19-24(27)28-25(4-2)20-22-26-23-21-25/h4,26H,2-3,5-23H2,1H3. The van der Waals surface area contributed by atoms with E-state index in [1.807, 2.05) is 6.08 Å². The SMILES string of the molecule is C=CC1(OC(=O)CCCCCCCCCCCCCCCCC)CCNCC1. The van der Waals surface area contributed by atoms with Crippen LogP contribution < -0.4 is 5.32 Å². The highest BCUT2D eigenvalue weighted by Crippen LogP contribution is 2.25. The molecule has 0 bridgehead atoms. The number of carbonyl (C=O) groups excluding carboxylic acids is 1. The smallest absolute Gasteiger partial charge is 0.306 e. The Kier molecular flexibility index (Phi) is 15.4. The zero-order valence-corrected chi connectivity index (χ0v) is 18.7. The van der Waals surface area contributed by atoms with E-state index in [0.717, 1.165) is 38.8 Å². The van der Waals surface area contributed by atoms with Crippen LogP contribution in [0.2, 0.25) is 0 Å². The van der Waals surface area contributed by atoms with Gasteiger partial charge in [-0.1, -0.05) is 103 Å². The summed E-state index contributed by atoms with van der Waals surface area (Å²) in [6.07, 6.45) is 24.2. The zero-order valence-electron chi connectivity index (χ0n) is 18.7. The van der Waals surface area contributed by atoms with Gasteiger partial charge in [0.05, 0.1) is 0 Å². The van der Waals surface area contributed by atoms with Crippen LogP contribution in [0.4, 0.5) is 0 Å². The molecule has 28 heavy (non-hydrogen) atoms. The van der Waals surface area contributed by atoms with Gasteiger partial charge in [-0.05, 0) is 25.6 Å². The topological polar surface area (TPSA) is 38.3 Å². The summed E-state index contributed by atoms with van der Waals surface area (Å²) in [4.78, 5) is 12.1. The molecule has 1 saturated heterocycles. The number of esters is 1. The fourth-order valence-corrected chi connectivity index (χ4v) is 4.12. The molecular formula is C25H47NO2. The van der Waals surface area contributed by atoms with Crippen molar-refractivity contribution in [1.82, 2.24) is 5.32 Å². The largest absolute Gasteiger partial charge is 0.455 e. The second-order valence-electron chi connectivity index (χ2n) is 8.69. The van der Waals surface area contributed by atoms with Gasteiger partial charge >= 0.3 is 5.97 Å². The van der Waals surface area contributed by atoms with Crippen LogP contribution in [0.3, 0.4) is 0 Å². The highest BCUT2D eigenvalue weighted by atomic mass is 16.6. The summed E-state index contributed by atoms with van der Waals surface area (Å²) in [5, 5.41) is 3.31. The number of hydrogen-bond acceptors (Lipinski definition) is 3. The highest BCUT2D eigenvalue weighted by molar-refractivity contribution is 5.70. The maximum atomic E-state index is 12.1. The van der Waals surface area contributed by atoms with Gasteiger partial charge in [0.1, 0.15) is 5.60 Å². The van der Waals surface area contributed by atoms with Gasteiger partial charge in [0, 0.05) is 19.3 Å². The van der Waals surface area contributed by atoms with Crippen LogP contribution >= 0.6 is 0 Å². The Bertz CT molecular complexity index is 388. The molecule has 1 heterocycles. The first-order valence-electron chi connectivity index (χ1n) is 12.3. The molecule has 1 N–H and O–H groups in total. The van der Waals surface area contributed by atoms with E-state index in [2.05, 4.69) is 18.8 Å². The number of rotatable bonds is 18. The maximum Gasteiger partial charge on any atom is 0.306 e. The molecule has 0 amide bonds. The first kappa shape index (κ1) is 25.2. The van der Waals surface area contributed by atoms with E-state index in [-0.39, 0.29) is 5.97 Å². The Labute approximate surface area is 175 Å². The van der Waals surface area contributed by atoms with Crippen LogP contribution in [0.15, 0.2) is 12.7 Å². The molecule has 1 aliphatic heterocycles. The van der Waals surface area contributed by atoms with Gasteiger partial charge in [0.2, 0.25) is 0 Å². The van der Waals surface area contributed by atoms with Gasteiger partial charge in [-0.15, -0.1) is 0 Å². The van der Waals surface area contributed by atoms with Crippen molar-refractivity contribution in [1.29, 1.82) is 0 Å². The molecule has 0 unspecified atom stereocenters. The summed E-state index contributed by atoms with van der Waals surface area (Å²) in [7, 11) is 0. The number of ether oxygens (including phenoxy) is 1. The van der Waals surface area contributed by atoms with E-state index in [1.165, 1.54) is 83.5 Å². The third kappa shape index (κ3) is 12.6. The van der Waals surface area contributed by atoms with E-state index in [0.29, 0.717) is 6.42 Å². The molecular weight excluding hydrogens is 346 g/mol. The minimum Gasteiger partial charge on any atom is -0.455 e. The molecule has 3 heteroatoms. The molecule has 1 rings (SSSR count). The average Bonchev–Trinajstić information content (AvgIpc) is 2.71. The van der Waals surface area contributed by atoms with Gasteiger partial charge < -0.3 is 10.1 Å². The van der Waals surface area contributed by atoms with Crippen molar-refractivity contribution >= 4 is 5.97 Å². The molecule has 0 aromatic carbocycles. The summed E-state index contributed by atoms with van der Waals surface area (Å²) < 4.78 is 5.75. The second-order valence-corrected chi connectivity index (χ2v) is 8.69. The monoisotopic (exact) mass is 393 g/mol. The first-order chi connectivity index (χ1) is 13.7. The molecule has 0 aromatic heterocycles. The van der Waals surface area contributed by atoms with Gasteiger partial charge in [0.15, 0.2) is 0 Å². The lowest BCUT2D eigenvalue weighted by molar-refractivity contribution is -0.157. The summed E-state index contributed by atoms with van der Waals surface area (Å²) in [6, 6.07) is 0. The molecule has 3 nitrogen and oxygen atoms in total. The Morgan fingerprint density at radius 1 is 0.821 bits per heavy atom. The number of piperidine rings is 1. The Morgan fingerprint density at radius 3 is 1.68 bits per heavy atom. The van der Waals surface area contributed by atoms with Crippen LogP contribution in [-0.2, 0) is 9.53 Å². The maximum absolute atomic E-state index is 12.1. The van der Waals surface area contributed by atoms with Crippen molar-refractivity contribution in [3.05, 3.63) is 12.7 Å². The van der Waals surface area contributed by atoms with Crippen LogP contribution in [0, 0.1) is 0 Å². The predicted octanol–water partition coefficient (Wildman–Crippen LogP) is 7.10. The number of carbonyl (C=O) groups is 1. The molecule has 164 valence electrons. The molecule has 1 aliphatic rings. The quantitative estimate of drug-likeness (QED) is 0.153. The zero-order chi connectivity index (χ0) is 20.3. The number of nitrogens with one attached hydrogen (secondary N) is 1. The van der Waals surface area contributed by atoms with Crippen LogP contribution in [0.5, 0.6) is 0 Å². The van der Waals surface area contributed by atoms with Gasteiger partial charge in [0.25, 0.3) is 0 Å². The second kappa shape index (κ2) is 17.1. The fourth-order valence-electron chi connectivity index (χ4n) is 4.12. The normalized spacial score (nSPS) is 16.0. The van der Waals surface area contributed by atoms with Crippen molar-refractivity contribution in [2.75, 3.05) is 13.1 Å². The Morgan fingerprint density at radius 2 is 1.25 bits per heavy atom. The van der Waals surface area contributed by atoms with E-state index in [9.17, 15) is 4.79 Å². The van der Waals surface area contributed by atoms with Crippen LogP contribution in [0.1, 0.15) is 122 Å². The first-order valence-corrected chi connectivity index (χ1v) is 12.3. The van der Waals surface area contributed by atoms with Crippen molar-refractivity contribution in [3.63, 3.8) is 0 Å². The molecule has 0 aromatic rings. The lowest BCUT2D eigenvalue weighted by atomic mass is 9.92. The molecule has 0 atom stereocenters. The Hall–Kier alpha value is -0.830. The summed E-state index contributed by atoms with van der Waals surface area (Å²) in [5.74, 6) is -0.0449. The summed E-state index contributed by atoms with van der Waals surface area (Å²) in [5.41, 5.74) is -0.419. The molecule has 1 fully saturated rings. The van der Waals surface area contributed by atoms with E-state index in [4.69, 9.17) is 4.74 Å². The van der Waals surface area contributed by atoms with E-state index >= 15 is 0 Å². The van der Waals surface area contributed by atoms with Crippen LogP contribution in [-0.4, -0.2) is 24.7 Å². The third-order valence-corrected chi connectivity index (χ3v) is 6.12. The summed E-state index contributed by atoms with van der Waals surface area (Å²) >= 11 is 0. The van der Waals surface area contributed by atoms with Gasteiger partial charge in [-0.2, -0.15) is 0 Å². The number of unbranched alkanes of at least 4 members (excludes halogenated alkanes) is 14. The van der Waals surface area contributed by atoms with Crippen molar-refractivity contribution < 1.29 is 9.53 Å². The van der Waals surface area contributed by atoms with E-state index < -0.39 is 5.60 Å². The minimum absolute atomic E-state index is 0.0449. The Balaban J connectivity index is 1.85. The molecule has 0 spiro atoms. The van der Waals surface area contributed by atoms with Crippen LogP contribution in [0.25, 0.3) is 0 Å². The van der Waals surface area contributed by atoms with Crippen molar-refractivity contribution in [2.45, 2.75) is 128 Å². The fraction of sp³-hybridized carbons (Fsp3) is 0.880. The lowest BCUT2D eigenvalue weighted by Crippen LogP contribution is -2.43. The van der Waals surface area contributed by atoms with E-state index in [1.54, 1.807) is 0 Å². The van der Waals surface area contributed by atoms with Gasteiger partial charge in [-0.25, -0.2) is 0 Å². The van der Waals surface area contributed by atoms with Crippen molar-refractivity contribution in [3.8, 4) is 0 Å². The highest BCUT2D eigenvalue weighted by Gasteiger charge is 2.32. The third-order valence-electron chi connectivity index (χ3n) is 6.12. The van der Waals surface area contributed by atoms with Gasteiger partial charge in [-0.3, -0.25) is 4.79 Å². The molecule has 0 radical (unpaired) electrons. The minimum atomic E-state index is -0.419. The number of hydrogen-bond donors (Lipinski definition) is 1. The summed E-state index contributed by atoms with van der Waals surface area (Å²) in [6.45, 7) is 7.96. The lowest BCUT2D eigenvalue weighted by Gasteiger charge is -2.34. The van der Waals surface area contributed by atoms with Crippen molar-refractivity contribution in [2.24, 2.45) is 0 Å². The molecule has 0 aliphatic carbocycles. The average molecular weight is 394 g/mol. The molecule has 0 saturated carbocycles.